The smallest absolute Gasteiger partial charge is 0.164 e. The second kappa shape index (κ2) is 8.97. The first kappa shape index (κ1) is 20.0. The van der Waals surface area contributed by atoms with Crippen LogP contribution in [-0.4, -0.2) is 38.5 Å². The first-order chi connectivity index (χ1) is 14.1. The van der Waals surface area contributed by atoms with Crippen LogP contribution in [0.2, 0.25) is 0 Å². The van der Waals surface area contributed by atoms with E-state index in [1.807, 2.05) is 12.3 Å². The zero-order chi connectivity index (χ0) is 20.8. The van der Waals surface area contributed by atoms with E-state index in [1.165, 1.54) is 12.4 Å². The van der Waals surface area contributed by atoms with Crippen LogP contribution in [0.5, 0.6) is 0 Å². The van der Waals surface area contributed by atoms with Crippen LogP contribution in [-0.2, 0) is 0 Å². The summed E-state index contributed by atoms with van der Waals surface area (Å²) >= 11 is 0. The van der Waals surface area contributed by atoms with E-state index in [0.717, 1.165) is 35.2 Å². The average Bonchev–Trinajstić information content (AvgIpc) is 3.14. The van der Waals surface area contributed by atoms with Crippen molar-refractivity contribution in [2.45, 2.75) is 33.2 Å². The lowest BCUT2D eigenvalue weighted by Gasteiger charge is -2.16. The Morgan fingerprint density at radius 2 is 2.10 bits per heavy atom. The van der Waals surface area contributed by atoms with Crippen LogP contribution in [0.3, 0.4) is 0 Å². The summed E-state index contributed by atoms with van der Waals surface area (Å²) in [5.41, 5.74) is 3.55. The standard InChI is InChI=1S/C21H24N8/c1-4-5-24-11-17(9-23)18-13-25-20(7-19(18)28-14(2)3)29-21-16(12-27-29)6-15(8-22)10-26-21/h6-7,9-14,23-24H,4-5H2,1-3H3,(H,25,28)/b17-11+,23-9?. The number of pyridine rings is 2. The van der Waals surface area contributed by atoms with Gasteiger partial charge >= 0.3 is 0 Å². The summed E-state index contributed by atoms with van der Waals surface area (Å²) in [6.45, 7) is 7.04. The van der Waals surface area contributed by atoms with Crippen LogP contribution < -0.4 is 10.6 Å². The van der Waals surface area contributed by atoms with E-state index in [1.54, 1.807) is 23.1 Å². The zero-order valence-electron chi connectivity index (χ0n) is 16.8. The minimum atomic E-state index is 0.199. The third-order valence-electron chi connectivity index (χ3n) is 4.21. The second-order valence-corrected chi connectivity index (χ2v) is 6.89. The van der Waals surface area contributed by atoms with Crippen molar-refractivity contribution in [1.29, 1.82) is 10.7 Å². The highest BCUT2D eigenvalue weighted by Gasteiger charge is 2.14. The molecule has 0 saturated carbocycles. The number of allylic oxidation sites excluding steroid dienone is 1. The molecular weight excluding hydrogens is 364 g/mol. The Kier molecular flexibility index (Phi) is 6.19. The van der Waals surface area contributed by atoms with Crippen molar-refractivity contribution in [2.75, 3.05) is 11.9 Å². The summed E-state index contributed by atoms with van der Waals surface area (Å²) in [6, 6.07) is 5.94. The molecule has 0 atom stereocenters. The van der Waals surface area contributed by atoms with Gasteiger partial charge in [-0.15, -0.1) is 0 Å². The molecule has 3 aromatic heterocycles. The molecule has 0 aliphatic rings. The summed E-state index contributed by atoms with van der Waals surface area (Å²) in [5, 5.41) is 28.7. The van der Waals surface area contributed by atoms with E-state index >= 15 is 0 Å². The van der Waals surface area contributed by atoms with E-state index in [9.17, 15) is 0 Å². The van der Waals surface area contributed by atoms with Crippen LogP contribution >= 0.6 is 0 Å². The molecule has 0 aliphatic carbocycles. The summed E-state index contributed by atoms with van der Waals surface area (Å²) < 4.78 is 1.65. The molecule has 8 nitrogen and oxygen atoms in total. The van der Waals surface area contributed by atoms with Gasteiger partial charge in [-0.1, -0.05) is 6.92 Å². The minimum absolute atomic E-state index is 0.199. The number of hydrogen-bond donors (Lipinski definition) is 3. The van der Waals surface area contributed by atoms with Crippen molar-refractivity contribution >= 4 is 28.5 Å². The van der Waals surface area contributed by atoms with Gasteiger partial charge in [0.15, 0.2) is 11.5 Å². The Bertz CT molecular complexity index is 1090. The topological polar surface area (TPSA) is 115 Å². The molecule has 3 aromatic rings. The van der Waals surface area contributed by atoms with Gasteiger partial charge in [0, 0.05) is 65.7 Å². The normalized spacial score (nSPS) is 11.5. The third-order valence-corrected chi connectivity index (χ3v) is 4.21. The zero-order valence-corrected chi connectivity index (χ0v) is 16.8. The van der Waals surface area contributed by atoms with Crippen LogP contribution in [0.4, 0.5) is 5.69 Å². The first-order valence-corrected chi connectivity index (χ1v) is 9.52. The van der Waals surface area contributed by atoms with Gasteiger partial charge in [-0.3, -0.25) is 0 Å². The highest BCUT2D eigenvalue weighted by Crippen LogP contribution is 2.26. The first-order valence-electron chi connectivity index (χ1n) is 9.52. The number of anilines is 1. The monoisotopic (exact) mass is 388 g/mol. The van der Waals surface area contributed by atoms with E-state index in [0.29, 0.717) is 17.0 Å². The van der Waals surface area contributed by atoms with Gasteiger partial charge in [-0.05, 0) is 26.3 Å². The number of aromatic nitrogens is 4. The molecule has 0 unspecified atom stereocenters. The van der Waals surface area contributed by atoms with Gasteiger partial charge in [-0.25, -0.2) is 9.97 Å². The predicted octanol–water partition coefficient (Wildman–Crippen LogP) is 3.50. The molecule has 0 fully saturated rings. The maximum absolute atomic E-state index is 9.06. The molecule has 0 radical (unpaired) electrons. The number of rotatable bonds is 8. The molecule has 3 rings (SSSR count). The van der Waals surface area contributed by atoms with Crippen molar-refractivity contribution in [1.82, 2.24) is 25.1 Å². The van der Waals surface area contributed by atoms with Crippen LogP contribution in [0, 0.1) is 16.7 Å². The number of nitriles is 1. The number of fused-ring (bicyclic) bond motifs is 1. The molecule has 0 saturated heterocycles. The van der Waals surface area contributed by atoms with Crippen molar-refractivity contribution in [2.24, 2.45) is 0 Å². The average molecular weight is 388 g/mol. The molecule has 3 N–H and O–H groups in total. The fraction of sp³-hybridized carbons (Fsp3) is 0.286. The molecular formula is C21H24N8. The maximum atomic E-state index is 9.06. The molecule has 0 aliphatic heterocycles. The van der Waals surface area contributed by atoms with E-state index in [4.69, 9.17) is 10.7 Å². The van der Waals surface area contributed by atoms with Crippen molar-refractivity contribution in [3.8, 4) is 11.9 Å². The molecule has 0 aromatic carbocycles. The lowest BCUT2D eigenvalue weighted by atomic mass is 10.1. The lowest BCUT2D eigenvalue weighted by molar-refractivity contribution is 0.811. The van der Waals surface area contributed by atoms with Crippen LogP contribution in [0.1, 0.15) is 38.3 Å². The van der Waals surface area contributed by atoms with Crippen molar-refractivity contribution < 1.29 is 0 Å². The molecule has 8 heteroatoms. The van der Waals surface area contributed by atoms with Gasteiger partial charge in [-0.2, -0.15) is 15.0 Å². The summed E-state index contributed by atoms with van der Waals surface area (Å²) in [4.78, 5) is 8.92. The van der Waals surface area contributed by atoms with Crippen LogP contribution in [0.15, 0.2) is 36.9 Å². The fourth-order valence-electron chi connectivity index (χ4n) is 2.89. The molecule has 148 valence electrons. The molecule has 0 amide bonds. The fourth-order valence-corrected chi connectivity index (χ4v) is 2.89. The summed E-state index contributed by atoms with van der Waals surface area (Å²) in [6.07, 6.45) is 9.10. The Balaban J connectivity index is 2.07. The molecule has 0 bridgehead atoms. The highest BCUT2D eigenvalue weighted by molar-refractivity contribution is 6.10. The Morgan fingerprint density at radius 3 is 2.79 bits per heavy atom. The van der Waals surface area contributed by atoms with Gasteiger partial charge in [0.2, 0.25) is 0 Å². The summed E-state index contributed by atoms with van der Waals surface area (Å²) in [7, 11) is 0. The number of nitrogens with zero attached hydrogens (tertiary/aromatic N) is 5. The lowest BCUT2D eigenvalue weighted by Crippen LogP contribution is -2.14. The molecule has 3 heterocycles. The highest BCUT2D eigenvalue weighted by atomic mass is 15.3. The number of nitrogens with one attached hydrogen (secondary N) is 3. The third kappa shape index (κ3) is 4.41. The minimum Gasteiger partial charge on any atom is -0.390 e. The van der Waals surface area contributed by atoms with Gasteiger partial charge in [0.05, 0.1) is 11.8 Å². The second-order valence-electron chi connectivity index (χ2n) is 6.89. The maximum Gasteiger partial charge on any atom is 0.164 e. The van der Waals surface area contributed by atoms with Crippen molar-refractivity contribution in [3.63, 3.8) is 0 Å². The Labute approximate surface area is 169 Å². The molecule has 0 spiro atoms. The quantitative estimate of drug-likeness (QED) is 0.402. The van der Waals surface area contributed by atoms with E-state index < -0.39 is 0 Å². The predicted molar refractivity (Wildman–Crippen MR) is 115 cm³/mol. The Morgan fingerprint density at radius 1 is 1.28 bits per heavy atom. The van der Waals surface area contributed by atoms with E-state index in [-0.39, 0.29) is 6.04 Å². The van der Waals surface area contributed by atoms with Gasteiger partial charge in [0.25, 0.3) is 0 Å². The largest absolute Gasteiger partial charge is 0.390 e. The Hall–Kier alpha value is -3.73. The van der Waals surface area contributed by atoms with Gasteiger partial charge < -0.3 is 16.0 Å². The SMILES string of the molecule is CCCN/C=C(\C=N)c1cnc(-n2ncc3cc(C#N)cnc32)cc1NC(C)C. The van der Waals surface area contributed by atoms with E-state index in [2.05, 4.69) is 52.5 Å². The van der Waals surface area contributed by atoms with Gasteiger partial charge in [0.1, 0.15) is 6.07 Å². The summed E-state index contributed by atoms with van der Waals surface area (Å²) in [5.74, 6) is 0.606. The van der Waals surface area contributed by atoms with Crippen molar-refractivity contribution in [3.05, 3.63) is 48.1 Å². The van der Waals surface area contributed by atoms with Crippen LogP contribution in [0.25, 0.3) is 22.4 Å². The number of hydrogen-bond acceptors (Lipinski definition) is 7. The molecule has 29 heavy (non-hydrogen) atoms.